The summed E-state index contributed by atoms with van der Waals surface area (Å²) in [5.74, 6) is 0.646. The molecule has 1 saturated heterocycles. The van der Waals surface area contributed by atoms with Crippen LogP contribution in [0, 0.1) is 0 Å². The summed E-state index contributed by atoms with van der Waals surface area (Å²) in [5.41, 5.74) is 1.21. The molecule has 1 aliphatic rings. The van der Waals surface area contributed by atoms with E-state index in [9.17, 15) is 4.79 Å². The van der Waals surface area contributed by atoms with E-state index in [4.69, 9.17) is 4.74 Å². The molecule has 6 heteroatoms. The van der Waals surface area contributed by atoms with Crippen LogP contribution < -0.4 is 9.80 Å². The fraction of sp³-hybridized carbons (Fsp3) is 0.353. The van der Waals surface area contributed by atoms with Gasteiger partial charge in [-0.1, -0.05) is 18.2 Å². The second-order valence-electron chi connectivity index (χ2n) is 5.24. The van der Waals surface area contributed by atoms with Crippen LogP contribution in [0.2, 0.25) is 0 Å². The first kappa shape index (κ1) is 15.4. The number of nitrogens with zero attached hydrogens (tertiary/aromatic N) is 4. The molecule has 2 heterocycles. The predicted octanol–water partition coefficient (Wildman–Crippen LogP) is 1.98. The lowest BCUT2D eigenvalue weighted by molar-refractivity contribution is 0.0983. The van der Waals surface area contributed by atoms with Crippen molar-refractivity contribution in [2.24, 2.45) is 0 Å². The fourth-order valence-electron chi connectivity index (χ4n) is 2.58. The summed E-state index contributed by atoms with van der Waals surface area (Å²) in [5, 5.41) is 0. The summed E-state index contributed by atoms with van der Waals surface area (Å²) in [6.07, 6.45) is 3.22. The Morgan fingerprint density at radius 3 is 2.52 bits per heavy atom. The van der Waals surface area contributed by atoms with Crippen molar-refractivity contribution in [1.82, 2.24) is 9.97 Å². The van der Waals surface area contributed by atoms with Crippen molar-refractivity contribution in [2.45, 2.75) is 6.92 Å². The van der Waals surface area contributed by atoms with Gasteiger partial charge in [0.25, 0.3) is 5.91 Å². The van der Waals surface area contributed by atoms with Crippen LogP contribution in [0.5, 0.6) is 0 Å². The minimum absolute atomic E-state index is 0.139. The number of ether oxygens (including phenoxy) is 1. The van der Waals surface area contributed by atoms with Crippen LogP contribution in [0.25, 0.3) is 0 Å². The van der Waals surface area contributed by atoms with Gasteiger partial charge in [0.05, 0.1) is 25.6 Å². The summed E-state index contributed by atoms with van der Waals surface area (Å²) in [6, 6.07) is 9.59. The lowest BCUT2D eigenvalue weighted by Gasteiger charge is -2.27. The number of hydrogen-bond donors (Lipinski definition) is 0. The number of para-hydroxylation sites is 1. The van der Waals surface area contributed by atoms with Crippen molar-refractivity contribution in [3.63, 3.8) is 0 Å². The maximum atomic E-state index is 12.7. The topological polar surface area (TPSA) is 58.6 Å². The van der Waals surface area contributed by atoms with E-state index in [0.29, 0.717) is 25.5 Å². The number of rotatable bonds is 4. The molecular weight excluding hydrogens is 292 g/mol. The lowest BCUT2D eigenvalue weighted by atomic mass is 10.2. The molecule has 1 fully saturated rings. The molecule has 0 atom stereocenters. The monoisotopic (exact) mass is 312 g/mol. The van der Waals surface area contributed by atoms with Gasteiger partial charge in [0.2, 0.25) is 0 Å². The number of carbonyl (C=O) groups excluding carboxylic acids is 1. The molecule has 1 aromatic carbocycles. The third-order valence-corrected chi connectivity index (χ3v) is 3.82. The van der Waals surface area contributed by atoms with Crippen LogP contribution >= 0.6 is 0 Å². The minimum atomic E-state index is -0.139. The number of carbonyl (C=O) groups is 1. The highest BCUT2D eigenvalue weighted by atomic mass is 16.5. The van der Waals surface area contributed by atoms with Gasteiger partial charge < -0.3 is 14.5 Å². The molecule has 3 rings (SSSR count). The molecule has 120 valence electrons. The number of morpholine rings is 1. The number of hydrogen-bond acceptors (Lipinski definition) is 5. The SMILES string of the molecule is CCN(C(=O)c1cnc(N2CCOCC2)cn1)c1ccccc1. The molecule has 23 heavy (non-hydrogen) atoms. The van der Waals surface area contributed by atoms with Gasteiger partial charge in [-0.25, -0.2) is 9.97 Å². The van der Waals surface area contributed by atoms with Gasteiger partial charge >= 0.3 is 0 Å². The first-order chi connectivity index (χ1) is 11.3. The molecule has 0 radical (unpaired) electrons. The van der Waals surface area contributed by atoms with Gasteiger partial charge in [0.15, 0.2) is 0 Å². The van der Waals surface area contributed by atoms with E-state index in [1.165, 1.54) is 0 Å². The minimum Gasteiger partial charge on any atom is -0.378 e. The Morgan fingerprint density at radius 2 is 1.91 bits per heavy atom. The summed E-state index contributed by atoms with van der Waals surface area (Å²) < 4.78 is 5.33. The van der Waals surface area contributed by atoms with Crippen LogP contribution in [-0.2, 0) is 4.74 Å². The Balaban J connectivity index is 1.76. The van der Waals surface area contributed by atoms with Crippen molar-refractivity contribution < 1.29 is 9.53 Å². The molecule has 0 spiro atoms. The highest BCUT2D eigenvalue weighted by molar-refractivity contribution is 6.04. The average molecular weight is 312 g/mol. The standard InChI is InChI=1S/C17H20N4O2/c1-2-21(14-6-4-3-5-7-14)17(22)15-12-19-16(13-18-15)20-8-10-23-11-9-20/h3-7,12-13H,2,8-11H2,1H3. The quantitative estimate of drug-likeness (QED) is 0.864. The van der Waals surface area contributed by atoms with E-state index in [2.05, 4.69) is 14.9 Å². The molecule has 1 aromatic heterocycles. The summed E-state index contributed by atoms with van der Waals surface area (Å²) >= 11 is 0. The summed E-state index contributed by atoms with van der Waals surface area (Å²) in [4.78, 5) is 25.2. The highest BCUT2D eigenvalue weighted by Gasteiger charge is 2.19. The number of benzene rings is 1. The second-order valence-corrected chi connectivity index (χ2v) is 5.24. The van der Waals surface area contributed by atoms with E-state index in [0.717, 1.165) is 24.6 Å². The van der Waals surface area contributed by atoms with E-state index in [1.54, 1.807) is 17.3 Å². The first-order valence-corrected chi connectivity index (χ1v) is 7.81. The number of aromatic nitrogens is 2. The molecule has 0 aliphatic carbocycles. The zero-order valence-corrected chi connectivity index (χ0v) is 13.2. The molecule has 1 amide bonds. The normalized spacial score (nSPS) is 14.6. The highest BCUT2D eigenvalue weighted by Crippen LogP contribution is 2.17. The molecule has 0 N–H and O–H groups in total. The van der Waals surface area contributed by atoms with Crippen LogP contribution in [0.4, 0.5) is 11.5 Å². The zero-order valence-electron chi connectivity index (χ0n) is 13.2. The number of amides is 1. The van der Waals surface area contributed by atoms with Crippen LogP contribution in [-0.4, -0.2) is 48.7 Å². The van der Waals surface area contributed by atoms with Crippen molar-refractivity contribution in [2.75, 3.05) is 42.6 Å². The van der Waals surface area contributed by atoms with Gasteiger partial charge in [-0.2, -0.15) is 0 Å². The Morgan fingerprint density at radius 1 is 1.17 bits per heavy atom. The first-order valence-electron chi connectivity index (χ1n) is 7.81. The van der Waals surface area contributed by atoms with E-state index in [-0.39, 0.29) is 5.91 Å². The van der Waals surface area contributed by atoms with E-state index in [1.807, 2.05) is 37.3 Å². The Kier molecular flexibility index (Phi) is 4.83. The molecule has 0 unspecified atom stereocenters. The maximum absolute atomic E-state index is 12.7. The maximum Gasteiger partial charge on any atom is 0.278 e. The zero-order chi connectivity index (χ0) is 16.1. The Hall–Kier alpha value is -2.47. The van der Waals surface area contributed by atoms with E-state index >= 15 is 0 Å². The Bertz CT molecular complexity index is 639. The average Bonchev–Trinajstić information content (AvgIpc) is 2.64. The molecular formula is C17H20N4O2. The van der Waals surface area contributed by atoms with Gasteiger partial charge in [-0.05, 0) is 19.1 Å². The van der Waals surface area contributed by atoms with Gasteiger partial charge in [0.1, 0.15) is 11.5 Å². The lowest BCUT2D eigenvalue weighted by Crippen LogP contribution is -2.37. The molecule has 2 aromatic rings. The molecule has 1 aliphatic heterocycles. The van der Waals surface area contributed by atoms with E-state index < -0.39 is 0 Å². The van der Waals surface area contributed by atoms with Gasteiger partial charge in [0, 0.05) is 25.3 Å². The fourth-order valence-corrected chi connectivity index (χ4v) is 2.58. The third-order valence-electron chi connectivity index (χ3n) is 3.82. The molecule has 0 saturated carbocycles. The molecule has 0 bridgehead atoms. The summed E-state index contributed by atoms with van der Waals surface area (Å²) in [7, 11) is 0. The smallest absolute Gasteiger partial charge is 0.278 e. The summed E-state index contributed by atoms with van der Waals surface area (Å²) in [6.45, 7) is 5.51. The second kappa shape index (κ2) is 7.19. The molecule has 6 nitrogen and oxygen atoms in total. The number of anilines is 2. The van der Waals surface area contributed by atoms with Gasteiger partial charge in [-0.15, -0.1) is 0 Å². The van der Waals surface area contributed by atoms with Crippen LogP contribution in [0.15, 0.2) is 42.7 Å². The van der Waals surface area contributed by atoms with Gasteiger partial charge in [-0.3, -0.25) is 4.79 Å². The predicted molar refractivity (Wildman–Crippen MR) is 88.9 cm³/mol. The largest absolute Gasteiger partial charge is 0.378 e. The van der Waals surface area contributed by atoms with Crippen molar-refractivity contribution >= 4 is 17.4 Å². The van der Waals surface area contributed by atoms with Crippen molar-refractivity contribution in [1.29, 1.82) is 0 Å². The van der Waals surface area contributed by atoms with Crippen LogP contribution in [0.1, 0.15) is 17.4 Å². The van der Waals surface area contributed by atoms with Crippen LogP contribution in [0.3, 0.4) is 0 Å². The Labute approximate surface area is 135 Å². The third kappa shape index (κ3) is 3.48. The van der Waals surface area contributed by atoms with Crippen molar-refractivity contribution in [3.05, 3.63) is 48.4 Å². The van der Waals surface area contributed by atoms with Crippen molar-refractivity contribution in [3.8, 4) is 0 Å².